The van der Waals surface area contributed by atoms with Crippen LogP contribution in [0.25, 0.3) is 0 Å². The molecule has 0 aliphatic rings. The van der Waals surface area contributed by atoms with Crippen molar-refractivity contribution < 1.29 is 9.59 Å². The minimum absolute atomic E-state index is 0.0958. The van der Waals surface area contributed by atoms with Gasteiger partial charge in [0, 0.05) is 18.6 Å². The summed E-state index contributed by atoms with van der Waals surface area (Å²) in [5.41, 5.74) is 1.83. The first-order valence-electron chi connectivity index (χ1n) is 8.34. The Morgan fingerprint density at radius 3 is 2.36 bits per heavy atom. The molecule has 0 aromatic heterocycles. The molecule has 1 atom stereocenters. The number of hydrogen-bond donors (Lipinski definition) is 1. The van der Waals surface area contributed by atoms with Gasteiger partial charge in [0.25, 0.3) is 0 Å². The van der Waals surface area contributed by atoms with Crippen LogP contribution in [0.5, 0.6) is 0 Å². The molecule has 2 aromatic rings. The molecule has 0 radical (unpaired) electrons. The number of nitrogens with one attached hydrogen (secondary N) is 1. The number of rotatable bonds is 7. The smallest absolute Gasteiger partial charge is 0.242 e. The van der Waals surface area contributed by atoms with E-state index in [9.17, 15) is 9.59 Å². The highest BCUT2D eigenvalue weighted by Crippen LogP contribution is 2.16. The van der Waals surface area contributed by atoms with Crippen molar-refractivity contribution in [1.29, 1.82) is 0 Å². The van der Waals surface area contributed by atoms with Crippen LogP contribution in [0.3, 0.4) is 0 Å². The summed E-state index contributed by atoms with van der Waals surface area (Å²) in [6.45, 7) is 2.30. The van der Waals surface area contributed by atoms with Gasteiger partial charge < -0.3 is 10.2 Å². The van der Waals surface area contributed by atoms with Crippen LogP contribution in [0.4, 0.5) is 0 Å². The SMILES string of the molecule is CC[C@H](C(=O)NC)N(Cc1ccccc1)C(=O)Cc1cccc(Cl)c1. The first kappa shape index (κ1) is 19.0. The van der Waals surface area contributed by atoms with Crippen molar-refractivity contribution in [3.05, 3.63) is 70.7 Å². The van der Waals surface area contributed by atoms with Crippen LogP contribution < -0.4 is 5.32 Å². The fourth-order valence-electron chi connectivity index (χ4n) is 2.79. The lowest BCUT2D eigenvalue weighted by molar-refractivity contribution is -0.140. The molecular weight excluding hydrogens is 336 g/mol. The van der Waals surface area contributed by atoms with Crippen molar-refractivity contribution in [1.82, 2.24) is 10.2 Å². The number of halogens is 1. The van der Waals surface area contributed by atoms with E-state index in [0.29, 0.717) is 18.0 Å². The maximum atomic E-state index is 13.0. The zero-order chi connectivity index (χ0) is 18.2. The normalized spacial score (nSPS) is 11.6. The number of hydrogen-bond acceptors (Lipinski definition) is 2. The zero-order valence-corrected chi connectivity index (χ0v) is 15.3. The standard InChI is InChI=1S/C20H23ClN2O2/c1-3-18(20(25)22-2)23(14-15-8-5-4-6-9-15)19(24)13-16-10-7-11-17(21)12-16/h4-12,18H,3,13-14H2,1-2H3,(H,22,25)/t18-/m1/s1. The van der Waals surface area contributed by atoms with E-state index < -0.39 is 6.04 Å². The summed E-state index contributed by atoms with van der Waals surface area (Å²) in [6, 6.07) is 16.4. The van der Waals surface area contributed by atoms with Crippen LogP contribution in [0.1, 0.15) is 24.5 Å². The van der Waals surface area contributed by atoms with Crippen LogP contribution in [-0.2, 0) is 22.6 Å². The highest BCUT2D eigenvalue weighted by Gasteiger charge is 2.27. The highest BCUT2D eigenvalue weighted by atomic mass is 35.5. The maximum Gasteiger partial charge on any atom is 0.242 e. The first-order chi connectivity index (χ1) is 12.0. The highest BCUT2D eigenvalue weighted by molar-refractivity contribution is 6.30. The predicted molar refractivity (Wildman–Crippen MR) is 100 cm³/mol. The molecule has 0 bridgehead atoms. The average Bonchev–Trinajstić information content (AvgIpc) is 2.62. The minimum Gasteiger partial charge on any atom is -0.357 e. The molecule has 0 spiro atoms. The summed E-state index contributed by atoms with van der Waals surface area (Å²) in [6.07, 6.45) is 0.759. The summed E-state index contributed by atoms with van der Waals surface area (Å²) in [7, 11) is 1.59. The monoisotopic (exact) mass is 358 g/mol. The van der Waals surface area contributed by atoms with Gasteiger partial charge in [-0.25, -0.2) is 0 Å². The lowest BCUT2D eigenvalue weighted by Gasteiger charge is -2.30. The van der Waals surface area contributed by atoms with E-state index in [1.807, 2.05) is 49.4 Å². The predicted octanol–water partition coefficient (Wildman–Crippen LogP) is 3.44. The Kier molecular flexibility index (Phi) is 7.02. The largest absolute Gasteiger partial charge is 0.357 e. The minimum atomic E-state index is -0.503. The van der Waals surface area contributed by atoms with E-state index in [2.05, 4.69) is 5.32 Å². The van der Waals surface area contributed by atoms with E-state index in [4.69, 9.17) is 11.6 Å². The topological polar surface area (TPSA) is 49.4 Å². The lowest BCUT2D eigenvalue weighted by atomic mass is 10.1. The van der Waals surface area contributed by atoms with Gasteiger partial charge in [0.2, 0.25) is 11.8 Å². The van der Waals surface area contributed by atoms with E-state index in [0.717, 1.165) is 11.1 Å². The Morgan fingerprint density at radius 1 is 1.08 bits per heavy atom. The van der Waals surface area contributed by atoms with Gasteiger partial charge >= 0.3 is 0 Å². The third-order valence-electron chi connectivity index (χ3n) is 4.07. The molecule has 0 unspecified atom stereocenters. The van der Waals surface area contributed by atoms with Crippen LogP contribution in [-0.4, -0.2) is 29.8 Å². The molecule has 2 rings (SSSR count). The van der Waals surface area contributed by atoms with Crippen LogP contribution >= 0.6 is 11.6 Å². The van der Waals surface area contributed by atoms with Crippen molar-refractivity contribution in [2.45, 2.75) is 32.4 Å². The molecule has 0 saturated carbocycles. The summed E-state index contributed by atoms with van der Waals surface area (Å²) >= 11 is 6.01. The molecule has 0 fully saturated rings. The van der Waals surface area contributed by atoms with Gasteiger partial charge in [-0.2, -0.15) is 0 Å². The van der Waals surface area contributed by atoms with E-state index in [1.165, 1.54) is 0 Å². The third-order valence-corrected chi connectivity index (χ3v) is 4.31. The first-order valence-corrected chi connectivity index (χ1v) is 8.72. The Hall–Kier alpha value is -2.33. The van der Waals surface area contributed by atoms with Gasteiger partial charge in [-0.15, -0.1) is 0 Å². The zero-order valence-electron chi connectivity index (χ0n) is 14.5. The molecule has 25 heavy (non-hydrogen) atoms. The van der Waals surface area contributed by atoms with Gasteiger partial charge in [0.05, 0.1) is 6.42 Å². The second kappa shape index (κ2) is 9.23. The van der Waals surface area contributed by atoms with Crippen LogP contribution in [0.15, 0.2) is 54.6 Å². The summed E-state index contributed by atoms with van der Waals surface area (Å²) in [5.74, 6) is -0.251. The average molecular weight is 359 g/mol. The molecule has 0 heterocycles. The maximum absolute atomic E-state index is 13.0. The summed E-state index contributed by atoms with van der Waals surface area (Å²) in [4.78, 5) is 26.9. The van der Waals surface area contributed by atoms with E-state index in [-0.39, 0.29) is 18.2 Å². The summed E-state index contributed by atoms with van der Waals surface area (Å²) < 4.78 is 0. The van der Waals surface area contributed by atoms with Crippen molar-refractivity contribution in [2.24, 2.45) is 0 Å². The molecule has 0 aliphatic carbocycles. The second-order valence-corrected chi connectivity index (χ2v) is 6.29. The van der Waals surface area contributed by atoms with Gasteiger partial charge in [-0.1, -0.05) is 61.0 Å². The number of benzene rings is 2. The van der Waals surface area contributed by atoms with Gasteiger partial charge in [0.1, 0.15) is 6.04 Å². The quantitative estimate of drug-likeness (QED) is 0.824. The van der Waals surface area contributed by atoms with Crippen molar-refractivity contribution in [3.8, 4) is 0 Å². The molecule has 0 saturated heterocycles. The molecule has 132 valence electrons. The van der Waals surface area contributed by atoms with Crippen LogP contribution in [0.2, 0.25) is 5.02 Å². The summed E-state index contributed by atoms with van der Waals surface area (Å²) in [5, 5.41) is 3.25. The van der Waals surface area contributed by atoms with Crippen molar-refractivity contribution in [3.63, 3.8) is 0 Å². The molecule has 2 aromatic carbocycles. The van der Waals surface area contributed by atoms with Gasteiger partial charge in [-0.3, -0.25) is 9.59 Å². The number of carbonyl (C=O) groups excluding carboxylic acids is 2. The Bertz CT molecular complexity index is 719. The van der Waals surface area contributed by atoms with Gasteiger partial charge in [0.15, 0.2) is 0 Å². The third kappa shape index (κ3) is 5.33. The Balaban J connectivity index is 2.25. The molecule has 2 amide bonds. The molecule has 1 N–H and O–H groups in total. The number of nitrogens with zero attached hydrogens (tertiary/aromatic N) is 1. The molecule has 5 heteroatoms. The fraction of sp³-hybridized carbons (Fsp3) is 0.300. The molecule has 0 aliphatic heterocycles. The number of amides is 2. The Morgan fingerprint density at radius 2 is 1.76 bits per heavy atom. The second-order valence-electron chi connectivity index (χ2n) is 5.85. The fourth-order valence-corrected chi connectivity index (χ4v) is 3.00. The number of likely N-dealkylation sites (N-methyl/N-ethyl adjacent to an activating group) is 1. The van der Waals surface area contributed by atoms with Gasteiger partial charge in [-0.05, 0) is 29.7 Å². The Labute approximate surface area is 153 Å². The van der Waals surface area contributed by atoms with Crippen molar-refractivity contribution >= 4 is 23.4 Å². The van der Waals surface area contributed by atoms with Crippen molar-refractivity contribution in [2.75, 3.05) is 7.05 Å². The molecule has 4 nitrogen and oxygen atoms in total. The van der Waals surface area contributed by atoms with E-state index >= 15 is 0 Å². The van der Waals surface area contributed by atoms with Crippen LogP contribution in [0, 0.1) is 0 Å². The lowest BCUT2D eigenvalue weighted by Crippen LogP contribution is -2.48. The molecular formula is C20H23ClN2O2. The number of carbonyl (C=O) groups is 2. The van der Waals surface area contributed by atoms with E-state index in [1.54, 1.807) is 24.1 Å².